The van der Waals surface area contributed by atoms with Crippen molar-refractivity contribution in [3.05, 3.63) is 35.7 Å². The molecule has 1 aromatic rings. The average molecular weight is 345 g/mol. The van der Waals surface area contributed by atoms with Crippen molar-refractivity contribution in [2.45, 2.75) is 39.2 Å². The predicted octanol–water partition coefficient (Wildman–Crippen LogP) is 2.29. The van der Waals surface area contributed by atoms with E-state index < -0.39 is 10.2 Å². The van der Waals surface area contributed by atoms with Crippen LogP contribution in [0.5, 0.6) is 0 Å². The minimum atomic E-state index is -0.878. The van der Waals surface area contributed by atoms with Crippen LogP contribution in [-0.4, -0.2) is 39.6 Å². The van der Waals surface area contributed by atoms with Gasteiger partial charge in [-0.05, 0) is 26.2 Å². The normalized spacial score (nSPS) is 25.9. The summed E-state index contributed by atoms with van der Waals surface area (Å²) < 4.78 is 4.57. The number of hydroxylamine groups is 3. The number of hydrogen-bond donors (Lipinski definition) is 1. The van der Waals surface area contributed by atoms with E-state index in [0.717, 1.165) is 6.42 Å². The first-order valence-corrected chi connectivity index (χ1v) is 8.35. The van der Waals surface area contributed by atoms with Crippen LogP contribution in [0.15, 0.2) is 29.8 Å². The third-order valence-corrected chi connectivity index (χ3v) is 4.89. The number of nitrogens with zero attached hydrogens (tertiary/aromatic N) is 4. The van der Waals surface area contributed by atoms with Crippen molar-refractivity contribution >= 4 is 17.6 Å². The van der Waals surface area contributed by atoms with E-state index in [-0.39, 0.29) is 11.8 Å². The molecule has 2 aliphatic heterocycles. The lowest BCUT2D eigenvalue weighted by molar-refractivity contribution is -0.799. The molecule has 0 spiro atoms. The molecule has 1 saturated heterocycles. The number of carbonyl (C=O) groups is 1. The monoisotopic (exact) mass is 345 g/mol. The highest BCUT2D eigenvalue weighted by atomic mass is 16.6. The molecule has 1 N–H and O–H groups in total. The number of rotatable bonds is 5. The molecule has 1 amide bonds. The van der Waals surface area contributed by atoms with Crippen LogP contribution in [0.25, 0.3) is 0 Å². The van der Waals surface area contributed by atoms with E-state index in [1.54, 1.807) is 20.8 Å². The fourth-order valence-corrected chi connectivity index (χ4v) is 3.10. The van der Waals surface area contributed by atoms with Gasteiger partial charge in [-0.2, -0.15) is 0 Å². The maximum atomic E-state index is 13.1. The zero-order valence-electron chi connectivity index (χ0n) is 14.7. The highest BCUT2D eigenvalue weighted by Crippen LogP contribution is 2.36. The number of nitrogens with one attached hydrogen (secondary N) is 1. The van der Waals surface area contributed by atoms with Crippen LogP contribution in [0.2, 0.25) is 0 Å². The first-order chi connectivity index (χ1) is 11.8. The van der Waals surface area contributed by atoms with E-state index in [2.05, 4.69) is 20.3 Å². The van der Waals surface area contributed by atoms with Gasteiger partial charge in [0.2, 0.25) is 11.7 Å². The van der Waals surface area contributed by atoms with Crippen LogP contribution in [0.3, 0.4) is 0 Å². The van der Waals surface area contributed by atoms with Gasteiger partial charge in [0.25, 0.3) is 0 Å². The van der Waals surface area contributed by atoms with E-state index in [4.69, 9.17) is 4.74 Å². The second kappa shape index (κ2) is 6.62. The van der Waals surface area contributed by atoms with Crippen molar-refractivity contribution in [2.75, 3.05) is 18.5 Å². The van der Waals surface area contributed by atoms with Gasteiger partial charge in [-0.15, -0.1) is 0 Å². The molecule has 3 rings (SSSR count). The van der Waals surface area contributed by atoms with Gasteiger partial charge in [0.15, 0.2) is 5.82 Å². The molecule has 1 fully saturated rings. The highest BCUT2D eigenvalue weighted by molar-refractivity contribution is 5.89. The smallest absolute Gasteiger partial charge is 0.225 e. The van der Waals surface area contributed by atoms with E-state index >= 15 is 0 Å². The number of ether oxygens (including phenoxy) is 1. The van der Waals surface area contributed by atoms with Gasteiger partial charge >= 0.3 is 0 Å². The Labute approximate surface area is 146 Å². The fourth-order valence-electron chi connectivity index (χ4n) is 3.10. The Kier molecular flexibility index (Phi) is 4.68. The highest BCUT2D eigenvalue weighted by Gasteiger charge is 2.43. The Morgan fingerprint density at radius 1 is 1.44 bits per heavy atom. The van der Waals surface area contributed by atoms with Gasteiger partial charge in [0.1, 0.15) is 17.4 Å². The number of amidine groups is 1. The molecule has 25 heavy (non-hydrogen) atoms. The number of quaternary nitrogens is 1. The molecular formula is C17H23N5O3. The Morgan fingerprint density at radius 2 is 2.24 bits per heavy atom. The summed E-state index contributed by atoms with van der Waals surface area (Å²) in [6.07, 6.45) is 7.35. The van der Waals surface area contributed by atoms with Gasteiger partial charge in [0, 0.05) is 26.6 Å². The number of amides is 1. The summed E-state index contributed by atoms with van der Waals surface area (Å²) in [6.45, 7) is 6.65. The van der Waals surface area contributed by atoms with Crippen LogP contribution in [0, 0.1) is 11.1 Å². The molecular weight excluding hydrogens is 322 g/mol. The van der Waals surface area contributed by atoms with Crippen LogP contribution >= 0.6 is 0 Å². The maximum absolute atomic E-state index is 13.1. The molecule has 3 heterocycles. The third kappa shape index (κ3) is 3.33. The second-order valence-corrected chi connectivity index (χ2v) is 6.96. The van der Waals surface area contributed by atoms with Crippen molar-refractivity contribution in [1.29, 1.82) is 0 Å². The Bertz CT molecular complexity index is 707. The minimum absolute atomic E-state index is 0.102. The van der Waals surface area contributed by atoms with Gasteiger partial charge in [-0.25, -0.2) is 15.0 Å². The lowest BCUT2D eigenvalue weighted by atomic mass is 9.98. The lowest BCUT2D eigenvalue weighted by Crippen LogP contribution is -2.53. The summed E-state index contributed by atoms with van der Waals surface area (Å²) in [6, 6.07) is 0. The van der Waals surface area contributed by atoms with Crippen LogP contribution < -0.4 is 5.32 Å². The molecule has 8 heteroatoms. The van der Waals surface area contributed by atoms with Gasteiger partial charge in [-0.1, -0.05) is 0 Å². The maximum Gasteiger partial charge on any atom is 0.225 e. The van der Waals surface area contributed by atoms with Crippen LogP contribution in [0.1, 0.15) is 39.3 Å². The number of hydrogen-bond acceptors (Lipinski definition) is 6. The van der Waals surface area contributed by atoms with Crippen molar-refractivity contribution in [2.24, 2.45) is 10.9 Å². The summed E-state index contributed by atoms with van der Waals surface area (Å²) in [4.78, 5) is 24.7. The molecule has 1 aromatic heterocycles. The molecule has 0 radical (unpaired) electrons. The summed E-state index contributed by atoms with van der Waals surface area (Å²) in [5.41, 5.74) is -0.345. The van der Waals surface area contributed by atoms with Crippen LogP contribution in [-0.2, 0) is 15.1 Å². The predicted molar refractivity (Wildman–Crippen MR) is 93.1 cm³/mol. The Morgan fingerprint density at radius 3 is 2.80 bits per heavy atom. The van der Waals surface area contributed by atoms with E-state index in [1.807, 2.05) is 0 Å². The fraction of sp³-hybridized carbons (Fsp3) is 0.529. The average Bonchev–Trinajstić information content (AvgIpc) is 3.19. The molecule has 0 saturated carbocycles. The number of carbonyl (C=O) groups excluding carboxylic acids is 1. The summed E-state index contributed by atoms with van der Waals surface area (Å²) in [5, 5.41) is 15.8. The molecule has 0 aliphatic carbocycles. The molecule has 2 atom stereocenters. The number of aromatic nitrogens is 2. The van der Waals surface area contributed by atoms with E-state index in [1.165, 1.54) is 24.8 Å². The van der Waals surface area contributed by atoms with Crippen molar-refractivity contribution in [1.82, 2.24) is 9.97 Å². The second-order valence-electron chi connectivity index (χ2n) is 6.96. The quantitative estimate of drug-likeness (QED) is 0.652. The summed E-state index contributed by atoms with van der Waals surface area (Å²) >= 11 is 0. The Hall–Kier alpha value is -2.16. The van der Waals surface area contributed by atoms with Crippen molar-refractivity contribution in [3.8, 4) is 0 Å². The summed E-state index contributed by atoms with van der Waals surface area (Å²) in [7, 11) is 0. The zero-order valence-corrected chi connectivity index (χ0v) is 14.7. The lowest BCUT2D eigenvalue weighted by Gasteiger charge is -2.47. The van der Waals surface area contributed by atoms with E-state index in [9.17, 15) is 10.0 Å². The first kappa shape index (κ1) is 17.7. The molecule has 2 aliphatic rings. The minimum Gasteiger partial charge on any atom is -0.621 e. The molecule has 0 bridgehead atoms. The standard InChI is InChI=1S/C17H23N5O3/c1-12-18-5-6-22(12,24)17(2,3)14-9-20-15(10-19-14)21-16(23)8-13-4-7-25-11-13/h5-6,9-10,13H,4,7-8,11H2,1-3H3,(H,20,21,23)/t13-,22?/m1/s1. The molecule has 1 unspecified atom stereocenters. The SMILES string of the molecule is CC1=NC=C[N+]1([O-])C(C)(C)c1cnc(NC(=O)C[C@H]2CCOC2)cn1. The van der Waals surface area contributed by atoms with Gasteiger partial charge in [0.05, 0.1) is 18.6 Å². The first-order valence-electron chi connectivity index (χ1n) is 8.35. The van der Waals surface area contributed by atoms with Gasteiger partial charge < -0.3 is 15.3 Å². The topological polar surface area (TPSA) is 99.5 Å². The molecule has 134 valence electrons. The summed E-state index contributed by atoms with van der Waals surface area (Å²) in [5.74, 6) is 0.987. The largest absolute Gasteiger partial charge is 0.621 e. The van der Waals surface area contributed by atoms with Crippen molar-refractivity contribution < 1.29 is 14.2 Å². The number of anilines is 1. The molecule has 0 aromatic carbocycles. The number of aliphatic imine (C=N–C) groups is 1. The Balaban J connectivity index is 1.68. The van der Waals surface area contributed by atoms with Crippen molar-refractivity contribution in [3.63, 3.8) is 0 Å². The van der Waals surface area contributed by atoms with E-state index in [0.29, 0.717) is 37.0 Å². The zero-order chi connectivity index (χ0) is 18.1. The van der Waals surface area contributed by atoms with Crippen LogP contribution in [0.4, 0.5) is 5.82 Å². The molecule has 8 nitrogen and oxygen atoms in total. The van der Waals surface area contributed by atoms with Gasteiger partial charge in [-0.3, -0.25) is 9.44 Å². The third-order valence-electron chi connectivity index (χ3n) is 4.89.